The van der Waals surface area contributed by atoms with Crippen LogP contribution in [0.2, 0.25) is 0 Å². The van der Waals surface area contributed by atoms with Gasteiger partial charge in [0.1, 0.15) is 17.1 Å². The van der Waals surface area contributed by atoms with Crippen LogP contribution in [0.1, 0.15) is 20.8 Å². The molecule has 0 fully saturated rings. The standard InChI is InChI=1S/C17H17N3O2/c1-17(2,3)16(21)22-12-8-6-11(7-9-12)14-19-13-5-4-10-18-15(13)20-14/h4-10H,1-3H3,(H,18,19,20). The Hall–Kier alpha value is -2.69. The quantitative estimate of drug-likeness (QED) is 0.579. The van der Waals surface area contributed by atoms with E-state index in [9.17, 15) is 4.79 Å². The lowest BCUT2D eigenvalue weighted by Gasteiger charge is -2.16. The molecule has 3 rings (SSSR count). The number of aromatic amines is 1. The summed E-state index contributed by atoms with van der Waals surface area (Å²) in [6.45, 7) is 5.47. The highest BCUT2D eigenvalue weighted by molar-refractivity contribution is 5.78. The van der Waals surface area contributed by atoms with Crippen LogP contribution in [0.15, 0.2) is 42.6 Å². The topological polar surface area (TPSA) is 67.9 Å². The summed E-state index contributed by atoms with van der Waals surface area (Å²) in [5, 5.41) is 0. The van der Waals surface area contributed by atoms with Crippen molar-refractivity contribution in [2.75, 3.05) is 0 Å². The van der Waals surface area contributed by atoms with Crippen LogP contribution < -0.4 is 4.74 Å². The van der Waals surface area contributed by atoms with Crippen LogP contribution in [-0.2, 0) is 4.79 Å². The lowest BCUT2D eigenvalue weighted by atomic mass is 9.97. The predicted octanol–water partition coefficient (Wildman–Crippen LogP) is 3.58. The van der Waals surface area contributed by atoms with Crippen LogP contribution in [0.5, 0.6) is 5.75 Å². The molecule has 0 bridgehead atoms. The molecule has 0 aliphatic carbocycles. The number of nitrogens with one attached hydrogen (secondary N) is 1. The Kier molecular flexibility index (Phi) is 3.41. The molecule has 0 unspecified atom stereocenters. The van der Waals surface area contributed by atoms with Crippen molar-refractivity contribution in [3.63, 3.8) is 0 Å². The largest absolute Gasteiger partial charge is 0.426 e. The summed E-state index contributed by atoms with van der Waals surface area (Å²) < 4.78 is 5.35. The number of hydrogen-bond donors (Lipinski definition) is 1. The minimum Gasteiger partial charge on any atom is -0.426 e. The Balaban J connectivity index is 1.83. The summed E-state index contributed by atoms with van der Waals surface area (Å²) in [4.78, 5) is 23.7. The van der Waals surface area contributed by atoms with E-state index < -0.39 is 5.41 Å². The average molecular weight is 295 g/mol. The van der Waals surface area contributed by atoms with E-state index in [0.29, 0.717) is 5.75 Å². The van der Waals surface area contributed by atoms with Crippen LogP contribution in [0.3, 0.4) is 0 Å². The third kappa shape index (κ3) is 2.83. The number of benzene rings is 1. The zero-order chi connectivity index (χ0) is 15.7. The molecule has 1 N–H and O–H groups in total. The second-order valence-electron chi connectivity index (χ2n) is 6.12. The van der Waals surface area contributed by atoms with E-state index in [1.54, 1.807) is 18.3 Å². The molecule has 0 amide bonds. The minimum atomic E-state index is -0.525. The maximum Gasteiger partial charge on any atom is 0.316 e. The molecule has 2 aromatic heterocycles. The van der Waals surface area contributed by atoms with E-state index in [0.717, 1.165) is 22.6 Å². The summed E-state index contributed by atoms with van der Waals surface area (Å²) in [6, 6.07) is 11.0. The van der Waals surface area contributed by atoms with E-state index in [2.05, 4.69) is 15.0 Å². The van der Waals surface area contributed by atoms with Crippen molar-refractivity contribution < 1.29 is 9.53 Å². The highest BCUT2D eigenvalue weighted by Gasteiger charge is 2.23. The normalized spacial score (nSPS) is 11.6. The van der Waals surface area contributed by atoms with Crippen molar-refractivity contribution in [2.45, 2.75) is 20.8 Å². The molecule has 22 heavy (non-hydrogen) atoms. The molecule has 0 aliphatic heterocycles. The molecule has 0 spiro atoms. The molecule has 0 aliphatic rings. The molecule has 0 saturated carbocycles. The van der Waals surface area contributed by atoms with Gasteiger partial charge in [-0.15, -0.1) is 0 Å². The second kappa shape index (κ2) is 5.26. The zero-order valence-corrected chi connectivity index (χ0v) is 12.8. The van der Waals surface area contributed by atoms with Crippen LogP contribution in [-0.4, -0.2) is 20.9 Å². The minimum absolute atomic E-state index is 0.256. The van der Waals surface area contributed by atoms with Gasteiger partial charge in [0.2, 0.25) is 0 Å². The number of hydrogen-bond acceptors (Lipinski definition) is 4. The van der Waals surface area contributed by atoms with Crippen LogP contribution in [0.4, 0.5) is 0 Å². The number of imidazole rings is 1. The molecule has 112 valence electrons. The summed E-state index contributed by atoms with van der Waals surface area (Å²) in [5.74, 6) is 1.01. The van der Waals surface area contributed by atoms with Gasteiger partial charge in [-0.25, -0.2) is 9.97 Å². The van der Waals surface area contributed by atoms with Crippen molar-refractivity contribution in [2.24, 2.45) is 5.41 Å². The van der Waals surface area contributed by atoms with Gasteiger partial charge >= 0.3 is 5.97 Å². The van der Waals surface area contributed by atoms with Crippen molar-refractivity contribution in [1.29, 1.82) is 0 Å². The van der Waals surface area contributed by atoms with Gasteiger partial charge in [-0.1, -0.05) is 0 Å². The highest BCUT2D eigenvalue weighted by Crippen LogP contribution is 2.24. The summed E-state index contributed by atoms with van der Waals surface area (Å²) in [6.07, 6.45) is 1.72. The number of rotatable bonds is 2. The first kappa shape index (κ1) is 14.3. The fraction of sp³-hybridized carbons (Fsp3) is 0.235. The van der Waals surface area contributed by atoms with Gasteiger partial charge in [0.25, 0.3) is 0 Å². The van der Waals surface area contributed by atoms with Crippen molar-refractivity contribution in [1.82, 2.24) is 15.0 Å². The Morgan fingerprint density at radius 1 is 1.14 bits per heavy atom. The first-order valence-corrected chi connectivity index (χ1v) is 7.07. The van der Waals surface area contributed by atoms with Crippen LogP contribution in [0, 0.1) is 5.41 Å². The van der Waals surface area contributed by atoms with Gasteiger partial charge in [-0.05, 0) is 57.2 Å². The number of fused-ring (bicyclic) bond motifs is 1. The van der Waals surface area contributed by atoms with Gasteiger partial charge < -0.3 is 9.72 Å². The predicted molar refractivity (Wildman–Crippen MR) is 84.4 cm³/mol. The first-order chi connectivity index (χ1) is 10.4. The molecule has 0 atom stereocenters. The van der Waals surface area contributed by atoms with Gasteiger partial charge in [0.15, 0.2) is 5.65 Å². The number of carbonyl (C=O) groups excluding carboxylic acids is 1. The smallest absolute Gasteiger partial charge is 0.316 e. The summed E-state index contributed by atoms with van der Waals surface area (Å²) >= 11 is 0. The third-order valence-corrected chi connectivity index (χ3v) is 3.21. The molecule has 5 heteroatoms. The highest BCUT2D eigenvalue weighted by atomic mass is 16.5. The van der Waals surface area contributed by atoms with E-state index in [1.807, 2.05) is 45.0 Å². The van der Waals surface area contributed by atoms with Gasteiger partial charge in [-0.3, -0.25) is 4.79 Å². The first-order valence-electron chi connectivity index (χ1n) is 7.07. The molecule has 0 saturated heterocycles. The van der Waals surface area contributed by atoms with Crippen molar-refractivity contribution in [3.05, 3.63) is 42.6 Å². The summed E-state index contributed by atoms with van der Waals surface area (Å²) in [5.41, 5.74) is 1.96. The molecule has 3 aromatic rings. The molecular weight excluding hydrogens is 278 g/mol. The second-order valence-corrected chi connectivity index (χ2v) is 6.12. The number of carbonyl (C=O) groups is 1. The van der Waals surface area contributed by atoms with Crippen molar-refractivity contribution >= 4 is 17.1 Å². The fourth-order valence-corrected chi connectivity index (χ4v) is 1.92. The van der Waals surface area contributed by atoms with E-state index in [1.165, 1.54) is 0 Å². The molecule has 5 nitrogen and oxygen atoms in total. The van der Waals surface area contributed by atoms with E-state index >= 15 is 0 Å². The zero-order valence-electron chi connectivity index (χ0n) is 12.8. The number of esters is 1. The Morgan fingerprint density at radius 3 is 2.50 bits per heavy atom. The van der Waals surface area contributed by atoms with Crippen molar-refractivity contribution in [3.8, 4) is 17.1 Å². The Morgan fingerprint density at radius 2 is 1.86 bits per heavy atom. The monoisotopic (exact) mass is 295 g/mol. The maximum atomic E-state index is 11.9. The third-order valence-electron chi connectivity index (χ3n) is 3.21. The Bertz CT molecular complexity index is 781. The number of aromatic nitrogens is 3. The molecular formula is C17H17N3O2. The fourth-order valence-electron chi connectivity index (χ4n) is 1.92. The average Bonchev–Trinajstić information content (AvgIpc) is 2.91. The molecule has 2 heterocycles. The van der Waals surface area contributed by atoms with Gasteiger partial charge in [0.05, 0.1) is 5.41 Å². The number of ether oxygens (including phenoxy) is 1. The summed E-state index contributed by atoms with van der Waals surface area (Å²) in [7, 11) is 0. The van der Waals surface area contributed by atoms with Gasteiger partial charge in [-0.2, -0.15) is 0 Å². The SMILES string of the molecule is CC(C)(C)C(=O)Oc1ccc(-c2nc3cccnc3[nH]2)cc1. The molecule has 0 radical (unpaired) electrons. The lowest BCUT2D eigenvalue weighted by molar-refractivity contribution is -0.142. The Labute approximate surface area is 128 Å². The van der Waals surface area contributed by atoms with Gasteiger partial charge in [0, 0.05) is 11.8 Å². The van der Waals surface area contributed by atoms with Crippen LogP contribution >= 0.6 is 0 Å². The number of nitrogens with zero attached hydrogens (tertiary/aromatic N) is 2. The van der Waals surface area contributed by atoms with Crippen LogP contribution in [0.25, 0.3) is 22.6 Å². The lowest BCUT2D eigenvalue weighted by Crippen LogP contribution is -2.25. The molecule has 1 aromatic carbocycles. The number of H-pyrrole nitrogens is 1. The maximum absolute atomic E-state index is 11.9. The van der Waals surface area contributed by atoms with E-state index in [4.69, 9.17) is 4.74 Å². The number of pyridine rings is 1. The van der Waals surface area contributed by atoms with E-state index in [-0.39, 0.29) is 5.97 Å².